The van der Waals surface area contributed by atoms with Gasteiger partial charge >= 0.3 is 0 Å². The average molecular weight is 407 g/mol. The van der Waals surface area contributed by atoms with Gasteiger partial charge in [-0.2, -0.15) is 0 Å². The first-order chi connectivity index (χ1) is 14.4. The van der Waals surface area contributed by atoms with Gasteiger partial charge in [0.15, 0.2) is 6.29 Å². The van der Waals surface area contributed by atoms with Crippen molar-refractivity contribution in [2.24, 2.45) is 0 Å². The molecule has 30 heavy (non-hydrogen) atoms. The molecule has 0 aliphatic carbocycles. The van der Waals surface area contributed by atoms with Gasteiger partial charge in [0, 0.05) is 0 Å². The predicted octanol–water partition coefficient (Wildman–Crippen LogP) is 4.87. The summed E-state index contributed by atoms with van der Waals surface area (Å²) in [5, 5.41) is 0. The topological polar surface area (TPSA) is 48.1 Å². The molecule has 1 aliphatic rings. The molecule has 1 unspecified atom stereocenters. The SMILES string of the molecule is C=C(C)Cc1cc(Cc2ccc(OCC3CO3)c(CC(=C)C)c2)ccc1OCC=O. The monoisotopic (exact) mass is 406 g/mol. The van der Waals surface area contributed by atoms with E-state index in [1.165, 1.54) is 11.1 Å². The van der Waals surface area contributed by atoms with Gasteiger partial charge in [-0.05, 0) is 67.5 Å². The first kappa shape index (κ1) is 21.8. The Bertz CT molecular complexity index is 925. The van der Waals surface area contributed by atoms with E-state index in [1.54, 1.807) is 0 Å². The van der Waals surface area contributed by atoms with Crippen molar-refractivity contribution in [2.75, 3.05) is 19.8 Å². The van der Waals surface area contributed by atoms with Crippen LogP contribution in [0.1, 0.15) is 36.1 Å². The molecule has 0 amide bonds. The zero-order chi connectivity index (χ0) is 21.5. The highest BCUT2D eigenvalue weighted by Gasteiger charge is 2.23. The first-order valence-corrected chi connectivity index (χ1v) is 10.3. The number of carbonyl (C=O) groups excluding carboxylic acids is 1. The quantitative estimate of drug-likeness (QED) is 0.287. The van der Waals surface area contributed by atoms with Crippen LogP contribution in [0.25, 0.3) is 0 Å². The van der Waals surface area contributed by atoms with Crippen LogP contribution in [0.5, 0.6) is 11.5 Å². The highest BCUT2D eigenvalue weighted by Crippen LogP contribution is 2.27. The normalized spacial score (nSPS) is 14.8. The van der Waals surface area contributed by atoms with Crippen LogP contribution in [0.4, 0.5) is 0 Å². The Morgan fingerprint density at radius 3 is 2.00 bits per heavy atom. The van der Waals surface area contributed by atoms with Crippen molar-refractivity contribution in [3.8, 4) is 11.5 Å². The lowest BCUT2D eigenvalue weighted by Crippen LogP contribution is -2.06. The molecule has 1 aliphatic heterocycles. The number of epoxide rings is 1. The van der Waals surface area contributed by atoms with Crippen LogP contribution < -0.4 is 9.47 Å². The van der Waals surface area contributed by atoms with Crippen LogP contribution in [0.2, 0.25) is 0 Å². The molecular formula is C26H30O4. The van der Waals surface area contributed by atoms with E-state index in [1.807, 2.05) is 26.0 Å². The molecule has 1 fully saturated rings. The van der Waals surface area contributed by atoms with E-state index in [2.05, 4.69) is 37.4 Å². The number of hydrogen-bond acceptors (Lipinski definition) is 4. The second kappa shape index (κ2) is 10.3. The van der Waals surface area contributed by atoms with Gasteiger partial charge in [0.1, 0.15) is 30.8 Å². The Morgan fingerprint density at radius 2 is 1.53 bits per heavy atom. The number of benzene rings is 2. The van der Waals surface area contributed by atoms with Crippen molar-refractivity contribution >= 4 is 6.29 Å². The molecule has 0 aromatic heterocycles. The molecule has 0 bridgehead atoms. The van der Waals surface area contributed by atoms with Crippen molar-refractivity contribution in [1.29, 1.82) is 0 Å². The maximum Gasteiger partial charge on any atom is 0.157 e. The van der Waals surface area contributed by atoms with Crippen molar-refractivity contribution in [3.63, 3.8) is 0 Å². The van der Waals surface area contributed by atoms with Crippen LogP contribution in [0.15, 0.2) is 60.7 Å². The summed E-state index contributed by atoms with van der Waals surface area (Å²) in [7, 11) is 0. The summed E-state index contributed by atoms with van der Waals surface area (Å²) in [6, 6.07) is 12.5. The molecule has 1 atom stereocenters. The molecule has 0 spiro atoms. The lowest BCUT2D eigenvalue weighted by Gasteiger charge is -2.15. The molecule has 1 heterocycles. The third-order valence-electron chi connectivity index (χ3n) is 4.78. The van der Waals surface area contributed by atoms with E-state index in [-0.39, 0.29) is 12.7 Å². The number of allylic oxidation sites excluding steroid dienone is 2. The molecule has 4 heteroatoms. The second-order valence-corrected chi connectivity index (χ2v) is 8.07. The highest BCUT2D eigenvalue weighted by molar-refractivity contribution is 5.52. The van der Waals surface area contributed by atoms with Crippen LogP contribution in [-0.2, 0) is 28.8 Å². The zero-order valence-corrected chi connectivity index (χ0v) is 17.9. The average Bonchev–Trinajstić information content (AvgIpc) is 3.50. The minimum absolute atomic E-state index is 0.0557. The third kappa shape index (κ3) is 6.60. The van der Waals surface area contributed by atoms with Crippen LogP contribution in [0.3, 0.4) is 0 Å². The lowest BCUT2D eigenvalue weighted by molar-refractivity contribution is -0.109. The molecule has 158 valence electrons. The van der Waals surface area contributed by atoms with Gasteiger partial charge in [-0.15, -0.1) is 0 Å². The molecule has 1 saturated heterocycles. The van der Waals surface area contributed by atoms with Crippen molar-refractivity contribution < 1.29 is 19.0 Å². The number of ether oxygens (including phenoxy) is 3. The summed E-state index contributed by atoms with van der Waals surface area (Å²) >= 11 is 0. The highest BCUT2D eigenvalue weighted by atomic mass is 16.6. The maximum absolute atomic E-state index is 10.7. The maximum atomic E-state index is 10.7. The summed E-state index contributed by atoms with van der Waals surface area (Å²) in [5.41, 5.74) is 6.74. The summed E-state index contributed by atoms with van der Waals surface area (Å²) in [5.74, 6) is 1.64. The summed E-state index contributed by atoms with van der Waals surface area (Å²) in [4.78, 5) is 10.7. The van der Waals surface area contributed by atoms with Gasteiger partial charge < -0.3 is 14.2 Å². The third-order valence-corrected chi connectivity index (χ3v) is 4.78. The van der Waals surface area contributed by atoms with Crippen molar-refractivity contribution in [3.05, 3.63) is 83.0 Å². The lowest BCUT2D eigenvalue weighted by atomic mass is 9.96. The Kier molecular flexibility index (Phi) is 7.47. The standard InChI is InChI=1S/C26H30O4/c1-18(2)11-22-14-20(5-7-25(22)28-10-9-27)13-21-6-8-26(30-17-24-16-29-24)23(15-21)12-19(3)4/h5-9,14-15,24H,1,3,10-13,16-17H2,2,4H3. The molecule has 2 aromatic rings. The number of hydrogen-bond donors (Lipinski definition) is 0. The fraction of sp³-hybridized carbons (Fsp3) is 0.346. The van der Waals surface area contributed by atoms with E-state index < -0.39 is 0 Å². The van der Waals surface area contributed by atoms with E-state index in [9.17, 15) is 4.79 Å². The largest absolute Gasteiger partial charge is 0.490 e. The zero-order valence-electron chi connectivity index (χ0n) is 17.9. The van der Waals surface area contributed by atoms with E-state index in [4.69, 9.17) is 14.2 Å². The molecule has 0 saturated carbocycles. The fourth-order valence-corrected chi connectivity index (χ4v) is 3.40. The van der Waals surface area contributed by atoms with Gasteiger partial charge in [0.05, 0.1) is 6.61 Å². The van der Waals surface area contributed by atoms with Crippen molar-refractivity contribution in [2.45, 2.75) is 39.2 Å². The fourth-order valence-electron chi connectivity index (χ4n) is 3.40. The summed E-state index contributed by atoms with van der Waals surface area (Å²) in [6.45, 7) is 13.5. The van der Waals surface area contributed by atoms with Gasteiger partial charge in [0.25, 0.3) is 0 Å². The van der Waals surface area contributed by atoms with Gasteiger partial charge in [-0.25, -0.2) is 0 Å². The predicted molar refractivity (Wildman–Crippen MR) is 120 cm³/mol. The number of carbonyl (C=O) groups is 1. The molecule has 3 rings (SSSR count). The number of aldehydes is 1. The van der Waals surface area contributed by atoms with Crippen LogP contribution in [0, 0.1) is 0 Å². The van der Waals surface area contributed by atoms with E-state index in [0.717, 1.165) is 65.9 Å². The summed E-state index contributed by atoms with van der Waals surface area (Å²) < 4.78 is 16.8. The second-order valence-electron chi connectivity index (χ2n) is 8.07. The molecule has 0 N–H and O–H groups in total. The van der Waals surface area contributed by atoms with Crippen LogP contribution >= 0.6 is 0 Å². The van der Waals surface area contributed by atoms with E-state index >= 15 is 0 Å². The minimum atomic E-state index is 0.0557. The molecule has 2 aromatic carbocycles. The molecule has 0 radical (unpaired) electrons. The van der Waals surface area contributed by atoms with Gasteiger partial charge in [-0.3, -0.25) is 4.79 Å². The van der Waals surface area contributed by atoms with Gasteiger partial charge in [0.2, 0.25) is 0 Å². The van der Waals surface area contributed by atoms with Gasteiger partial charge in [-0.1, -0.05) is 48.6 Å². The van der Waals surface area contributed by atoms with Crippen LogP contribution in [-0.4, -0.2) is 32.2 Å². The Morgan fingerprint density at radius 1 is 1.00 bits per heavy atom. The number of rotatable bonds is 12. The summed E-state index contributed by atoms with van der Waals surface area (Å²) in [6.07, 6.45) is 3.30. The Balaban J connectivity index is 1.80. The molecular weight excluding hydrogens is 376 g/mol. The first-order valence-electron chi connectivity index (χ1n) is 10.3. The Hall–Kier alpha value is -2.85. The van der Waals surface area contributed by atoms with Crippen molar-refractivity contribution in [1.82, 2.24) is 0 Å². The minimum Gasteiger partial charge on any atom is -0.490 e. The van der Waals surface area contributed by atoms with E-state index in [0.29, 0.717) is 6.61 Å². The smallest absolute Gasteiger partial charge is 0.157 e. The Labute approximate surface area is 179 Å². The molecule has 4 nitrogen and oxygen atoms in total.